The number of fused-ring (bicyclic) bond motifs is 3. The van der Waals surface area contributed by atoms with E-state index >= 15 is 0 Å². The van der Waals surface area contributed by atoms with Crippen LogP contribution in [-0.2, 0) is 17.9 Å². The molecule has 2 aliphatic heterocycles. The Hall–Kier alpha value is -2.63. The largest absolute Gasteiger partial charge is 0.490 e. The Morgan fingerprint density at radius 3 is 2.47 bits per heavy atom. The van der Waals surface area contributed by atoms with Crippen LogP contribution in [-0.4, -0.2) is 56.7 Å². The summed E-state index contributed by atoms with van der Waals surface area (Å²) in [5.41, 5.74) is 2.20. The predicted molar refractivity (Wildman–Crippen MR) is 115 cm³/mol. The van der Waals surface area contributed by atoms with Gasteiger partial charge < -0.3 is 14.6 Å². The molecule has 6 nitrogen and oxygen atoms in total. The number of nitrogens with zero attached hydrogens (tertiary/aromatic N) is 3. The van der Waals surface area contributed by atoms with Gasteiger partial charge in [-0.05, 0) is 46.0 Å². The smallest absolute Gasteiger partial charge is 0.475 e. The number of halogens is 3. The van der Waals surface area contributed by atoms with Gasteiger partial charge in [0.05, 0.1) is 18.6 Å². The number of hydrogen-bond donors (Lipinski definition) is 1. The molecule has 0 aliphatic carbocycles. The molecule has 1 saturated heterocycles. The lowest BCUT2D eigenvalue weighted by Crippen LogP contribution is -2.49. The van der Waals surface area contributed by atoms with Gasteiger partial charge in [-0.15, -0.1) is 11.3 Å². The number of alkyl halides is 3. The highest BCUT2D eigenvalue weighted by Gasteiger charge is 2.44. The van der Waals surface area contributed by atoms with Crippen molar-refractivity contribution < 1.29 is 27.9 Å². The molecule has 32 heavy (non-hydrogen) atoms. The van der Waals surface area contributed by atoms with Crippen LogP contribution in [0.5, 0.6) is 0 Å². The highest BCUT2D eigenvalue weighted by atomic mass is 32.1. The number of carboxylic acids is 1. The third-order valence-electron chi connectivity index (χ3n) is 5.49. The maximum absolute atomic E-state index is 13.1. The molecule has 0 aromatic carbocycles. The van der Waals surface area contributed by atoms with E-state index in [-0.39, 0.29) is 11.9 Å². The molecule has 2 unspecified atom stereocenters. The number of carbonyl (C=O) groups excluding carboxylic acids is 1. The van der Waals surface area contributed by atoms with Crippen molar-refractivity contribution in [1.82, 2.24) is 14.4 Å². The van der Waals surface area contributed by atoms with Gasteiger partial charge in [0.25, 0.3) is 5.91 Å². The summed E-state index contributed by atoms with van der Waals surface area (Å²) in [6.07, 6.45) is -3.01. The molecular formula is C21H20F3N3O3S2. The molecule has 2 aliphatic rings. The van der Waals surface area contributed by atoms with Crippen molar-refractivity contribution in [3.05, 3.63) is 68.8 Å². The predicted octanol–water partition coefficient (Wildman–Crippen LogP) is 4.33. The molecule has 1 fully saturated rings. The second kappa shape index (κ2) is 9.08. The maximum Gasteiger partial charge on any atom is 0.490 e. The third kappa shape index (κ3) is 4.74. The van der Waals surface area contributed by atoms with E-state index in [1.165, 1.54) is 10.4 Å². The fraction of sp³-hybridized carbons (Fsp3) is 0.333. The summed E-state index contributed by atoms with van der Waals surface area (Å²) in [6, 6.07) is 10.9. The Labute approximate surface area is 190 Å². The van der Waals surface area contributed by atoms with Gasteiger partial charge in [0.1, 0.15) is 5.69 Å². The molecule has 3 aromatic heterocycles. The number of carboxylic acid groups (broad SMARTS) is 1. The van der Waals surface area contributed by atoms with Gasteiger partial charge in [0.2, 0.25) is 0 Å². The first kappa shape index (κ1) is 22.6. The molecule has 11 heteroatoms. The minimum atomic E-state index is -5.08. The normalized spacial score (nSPS) is 20.5. The van der Waals surface area contributed by atoms with E-state index in [0.717, 1.165) is 31.9 Å². The Kier molecular flexibility index (Phi) is 6.40. The standard InChI is InChI=1S/C19H19N3OS2.C2HF3O2/c23-19-16-4-1-6-21(16)17-11-20(9-14-5-8-24-13-14)12-18(17)22(19)10-15-3-2-7-25-15;3-2(4,5)1(6)7/h1-8,13,17-18H,9-12H2;(H,6,7). The number of rotatable bonds is 4. The zero-order chi connectivity index (χ0) is 22.9. The summed E-state index contributed by atoms with van der Waals surface area (Å²) in [4.78, 5) is 27.8. The quantitative estimate of drug-likeness (QED) is 0.600. The van der Waals surface area contributed by atoms with Crippen molar-refractivity contribution in [2.75, 3.05) is 13.1 Å². The summed E-state index contributed by atoms with van der Waals surface area (Å²) in [7, 11) is 0. The van der Waals surface area contributed by atoms with Crippen LogP contribution in [0.2, 0.25) is 0 Å². The van der Waals surface area contributed by atoms with Crippen LogP contribution in [0, 0.1) is 0 Å². The zero-order valence-corrected chi connectivity index (χ0v) is 18.4. The number of aromatic nitrogens is 1. The first-order valence-electron chi connectivity index (χ1n) is 9.78. The summed E-state index contributed by atoms with van der Waals surface area (Å²) in [5.74, 6) is -2.59. The highest BCUT2D eigenvalue weighted by molar-refractivity contribution is 7.09. The molecule has 170 valence electrons. The lowest BCUT2D eigenvalue weighted by molar-refractivity contribution is -0.192. The van der Waals surface area contributed by atoms with E-state index in [1.54, 1.807) is 22.7 Å². The Bertz CT molecular complexity index is 1060. The van der Waals surface area contributed by atoms with Crippen LogP contribution in [0.4, 0.5) is 13.2 Å². The molecule has 2 atom stereocenters. The van der Waals surface area contributed by atoms with Gasteiger partial charge in [-0.2, -0.15) is 24.5 Å². The summed E-state index contributed by atoms with van der Waals surface area (Å²) in [5, 5.41) is 13.6. The summed E-state index contributed by atoms with van der Waals surface area (Å²) in [6.45, 7) is 3.62. The molecule has 0 spiro atoms. The maximum atomic E-state index is 13.1. The SMILES string of the molecule is O=C(O)C(F)(F)F.O=C1c2cccn2C2CN(Cc3ccsc3)CC2N1Cc1cccs1. The van der Waals surface area contributed by atoms with Crippen molar-refractivity contribution in [2.24, 2.45) is 0 Å². The second-order valence-electron chi connectivity index (χ2n) is 7.58. The monoisotopic (exact) mass is 483 g/mol. The van der Waals surface area contributed by atoms with Gasteiger partial charge in [-0.25, -0.2) is 4.79 Å². The van der Waals surface area contributed by atoms with Crippen molar-refractivity contribution in [1.29, 1.82) is 0 Å². The van der Waals surface area contributed by atoms with Crippen LogP contribution in [0.15, 0.2) is 52.7 Å². The molecule has 1 N–H and O–H groups in total. The molecule has 0 radical (unpaired) electrons. The number of thiophene rings is 2. The summed E-state index contributed by atoms with van der Waals surface area (Å²) >= 11 is 3.47. The van der Waals surface area contributed by atoms with E-state index in [9.17, 15) is 18.0 Å². The van der Waals surface area contributed by atoms with Crippen LogP contribution < -0.4 is 0 Å². The van der Waals surface area contributed by atoms with Crippen molar-refractivity contribution in [3.8, 4) is 0 Å². The number of hydrogen-bond acceptors (Lipinski definition) is 5. The van der Waals surface area contributed by atoms with Crippen LogP contribution in [0.1, 0.15) is 27.0 Å². The molecule has 1 amide bonds. The average molecular weight is 484 g/mol. The first-order valence-corrected chi connectivity index (χ1v) is 11.6. The second-order valence-corrected chi connectivity index (χ2v) is 9.39. The van der Waals surface area contributed by atoms with Gasteiger partial charge in [-0.1, -0.05) is 6.07 Å². The molecule has 0 bridgehead atoms. The molecule has 5 rings (SSSR count). The number of aliphatic carboxylic acids is 1. The van der Waals surface area contributed by atoms with E-state index < -0.39 is 12.1 Å². The minimum absolute atomic E-state index is 0.164. The van der Waals surface area contributed by atoms with Gasteiger partial charge in [0.15, 0.2) is 0 Å². The highest BCUT2D eigenvalue weighted by Crippen LogP contribution is 2.35. The zero-order valence-electron chi connectivity index (χ0n) is 16.7. The van der Waals surface area contributed by atoms with Crippen molar-refractivity contribution in [2.45, 2.75) is 31.3 Å². The van der Waals surface area contributed by atoms with Gasteiger partial charge in [-0.3, -0.25) is 9.69 Å². The third-order valence-corrected chi connectivity index (χ3v) is 7.08. The Morgan fingerprint density at radius 1 is 1.09 bits per heavy atom. The number of likely N-dealkylation sites (tertiary alicyclic amines) is 1. The van der Waals surface area contributed by atoms with Crippen molar-refractivity contribution in [3.63, 3.8) is 0 Å². The summed E-state index contributed by atoms with van der Waals surface area (Å²) < 4.78 is 33.9. The average Bonchev–Trinajstić information content (AvgIpc) is 3.52. The lowest BCUT2D eigenvalue weighted by atomic mass is 10.1. The van der Waals surface area contributed by atoms with E-state index in [1.807, 2.05) is 12.1 Å². The Balaban J connectivity index is 0.000000307. The van der Waals surface area contributed by atoms with Crippen LogP contribution in [0.3, 0.4) is 0 Å². The van der Waals surface area contributed by atoms with Crippen LogP contribution >= 0.6 is 22.7 Å². The van der Waals surface area contributed by atoms with E-state index in [2.05, 4.69) is 54.9 Å². The first-order chi connectivity index (χ1) is 15.2. The fourth-order valence-electron chi connectivity index (χ4n) is 4.12. The van der Waals surface area contributed by atoms with E-state index in [0.29, 0.717) is 6.04 Å². The molecular weight excluding hydrogens is 463 g/mol. The number of amides is 1. The minimum Gasteiger partial charge on any atom is -0.475 e. The van der Waals surface area contributed by atoms with Gasteiger partial charge >= 0.3 is 12.1 Å². The Morgan fingerprint density at radius 2 is 1.84 bits per heavy atom. The fourth-order valence-corrected chi connectivity index (χ4v) is 5.48. The molecule has 5 heterocycles. The molecule has 0 saturated carbocycles. The lowest BCUT2D eigenvalue weighted by Gasteiger charge is -2.38. The topological polar surface area (TPSA) is 65.8 Å². The molecule has 3 aromatic rings. The van der Waals surface area contributed by atoms with Crippen LogP contribution in [0.25, 0.3) is 0 Å². The van der Waals surface area contributed by atoms with Crippen molar-refractivity contribution >= 4 is 34.6 Å². The number of carbonyl (C=O) groups is 2. The van der Waals surface area contributed by atoms with E-state index in [4.69, 9.17) is 9.90 Å². The van der Waals surface area contributed by atoms with Gasteiger partial charge in [0, 0.05) is 30.7 Å².